The number of aromatic hydroxyl groups is 2. The number of rotatable bonds is 1. The van der Waals surface area contributed by atoms with Crippen LogP contribution in [-0.4, -0.2) is 10.2 Å². The Bertz CT molecular complexity index is 654. The van der Waals surface area contributed by atoms with Crippen molar-refractivity contribution >= 4 is 28.5 Å². The zero-order chi connectivity index (χ0) is 12.0. The monoisotopic (exact) mass is 244 g/mol. The van der Waals surface area contributed by atoms with E-state index in [2.05, 4.69) is 6.92 Å². The van der Waals surface area contributed by atoms with Crippen molar-refractivity contribution in [2.24, 2.45) is 0 Å². The van der Waals surface area contributed by atoms with Crippen molar-refractivity contribution in [2.75, 3.05) is 0 Å². The second-order valence-corrected chi connectivity index (χ2v) is 6.60. The molecule has 1 aromatic heterocycles. The quantitative estimate of drug-likeness (QED) is 0.665. The second kappa shape index (κ2) is 3.68. The van der Waals surface area contributed by atoms with Crippen LogP contribution in [0.1, 0.15) is 6.92 Å². The zero-order valence-corrected chi connectivity index (χ0v) is 10.4. The van der Waals surface area contributed by atoms with E-state index in [9.17, 15) is 10.2 Å². The maximum Gasteiger partial charge on any atom is 0.116 e. The van der Waals surface area contributed by atoms with Gasteiger partial charge in [-0.1, -0.05) is 6.92 Å². The summed E-state index contributed by atoms with van der Waals surface area (Å²) < 4.78 is 0. The SMILES string of the molecule is CCp1c2cc(O)ccc2c2ccc(O)cc21. The fourth-order valence-electron chi connectivity index (χ4n) is 2.41. The standard InChI is InChI=1S/C14H13O2P/c1-2-17-13-7-9(15)3-5-11(13)12-6-4-10(16)8-14(12)17/h3-8,15-16H,2H2,1H3. The van der Waals surface area contributed by atoms with Crippen molar-refractivity contribution < 1.29 is 10.2 Å². The number of aryl methyl sites for hydroxylation is 1. The average Bonchev–Trinajstić information content (AvgIpc) is 2.60. The molecule has 17 heavy (non-hydrogen) atoms. The molecule has 0 aliphatic rings. The lowest BCUT2D eigenvalue weighted by molar-refractivity contribution is 0.475. The van der Waals surface area contributed by atoms with E-state index in [1.165, 1.54) is 21.0 Å². The van der Waals surface area contributed by atoms with Crippen LogP contribution in [0.5, 0.6) is 11.5 Å². The molecule has 0 bridgehead atoms. The number of hydrogen-bond donors (Lipinski definition) is 2. The van der Waals surface area contributed by atoms with E-state index in [1.807, 2.05) is 24.3 Å². The minimum atomic E-state index is -0.427. The van der Waals surface area contributed by atoms with E-state index >= 15 is 0 Å². The molecule has 3 aromatic rings. The molecule has 1 heterocycles. The normalized spacial score (nSPS) is 11.4. The van der Waals surface area contributed by atoms with Crippen LogP contribution in [0.2, 0.25) is 0 Å². The molecule has 0 unspecified atom stereocenters. The van der Waals surface area contributed by atoms with Gasteiger partial charge in [-0.3, -0.25) is 0 Å². The Kier molecular flexibility index (Phi) is 2.27. The molecule has 0 aliphatic heterocycles. The minimum absolute atomic E-state index is 0.321. The van der Waals surface area contributed by atoms with Crippen molar-refractivity contribution in [2.45, 2.75) is 13.1 Å². The summed E-state index contributed by atoms with van der Waals surface area (Å²) in [5, 5.41) is 24.1. The molecule has 86 valence electrons. The van der Waals surface area contributed by atoms with Crippen LogP contribution >= 0.6 is 7.53 Å². The van der Waals surface area contributed by atoms with Crippen molar-refractivity contribution in [3.8, 4) is 11.5 Å². The van der Waals surface area contributed by atoms with Crippen LogP contribution in [0, 0.1) is 0 Å². The van der Waals surface area contributed by atoms with Crippen molar-refractivity contribution in [3.05, 3.63) is 36.4 Å². The Hall–Kier alpha value is -1.66. The lowest BCUT2D eigenvalue weighted by Gasteiger charge is -1.98. The van der Waals surface area contributed by atoms with Gasteiger partial charge in [0, 0.05) is 10.2 Å². The summed E-state index contributed by atoms with van der Waals surface area (Å²) in [7, 11) is -0.427. The summed E-state index contributed by atoms with van der Waals surface area (Å²) in [5.74, 6) is 0.642. The van der Waals surface area contributed by atoms with Crippen molar-refractivity contribution in [1.82, 2.24) is 0 Å². The average molecular weight is 244 g/mol. The molecule has 2 aromatic carbocycles. The van der Waals surface area contributed by atoms with Gasteiger partial charge in [-0.2, -0.15) is 0 Å². The molecular formula is C14H13O2P. The highest BCUT2D eigenvalue weighted by molar-refractivity contribution is 7.60. The molecule has 0 aliphatic carbocycles. The molecule has 2 N–H and O–H groups in total. The van der Waals surface area contributed by atoms with E-state index in [0.717, 1.165) is 6.16 Å². The molecule has 0 radical (unpaired) electrons. The zero-order valence-electron chi connectivity index (χ0n) is 9.51. The molecule has 0 atom stereocenters. The molecule has 0 saturated carbocycles. The number of phenols is 2. The fourth-order valence-corrected chi connectivity index (χ4v) is 4.90. The fraction of sp³-hybridized carbons (Fsp3) is 0.143. The third-order valence-corrected chi connectivity index (χ3v) is 5.69. The number of phenolic OH excluding ortho intramolecular Hbond substituents is 2. The summed E-state index contributed by atoms with van der Waals surface area (Å²) >= 11 is 0. The first kappa shape index (κ1) is 10.5. The maximum atomic E-state index is 9.60. The molecule has 0 saturated heterocycles. The first-order chi connectivity index (χ1) is 8.20. The highest BCUT2D eigenvalue weighted by atomic mass is 31.1. The Morgan fingerprint density at radius 3 is 1.76 bits per heavy atom. The lowest BCUT2D eigenvalue weighted by atomic mass is 10.1. The largest absolute Gasteiger partial charge is 0.508 e. The first-order valence-electron chi connectivity index (χ1n) is 5.64. The lowest BCUT2D eigenvalue weighted by Crippen LogP contribution is -1.66. The van der Waals surface area contributed by atoms with E-state index in [1.54, 1.807) is 12.1 Å². The highest BCUT2D eigenvalue weighted by Crippen LogP contribution is 2.51. The van der Waals surface area contributed by atoms with Gasteiger partial charge < -0.3 is 10.2 Å². The Labute approximate surface area is 100 Å². The van der Waals surface area contributed by atoms with Crippen LogP contribution in [0.15, 0.2) is 36.4 Å². The van der Waals surface area contributed by atoms with Crippen LogP contribution in [0.4, 0.5) is 0 Å². The van der Waals surface area contributed by atoms with Gasteiger partial charge in [0.2, 0.25) is 0 Å². The summed E-state index contributed by atoms with van der Waals surface area (Å²) in [6, 6.07) is 11.1. The first-order valence-corrected chi connectivity index (χ1v) is 7.17. The Morgan fingerprint density at radius 1 is 0.882 bits per heavy atom. The van der Waals surface area contributed by atoms with E-state index in [4.69, 9.17) is 0 Å². The van der Waals surface area contributed by atoms with Crippen LogP contribution in [0.3, 0.4) is 0 Å². The predicted octanol–water partition coefficient (Wildman–Crippen LogP) is 4.41. The van der Waals surface area contributed by atoms with Crippen molar-refractivity contribution in [1.29, 1.82) is 0 Å². The number of hydrogen-bond acceptors (Lipinski definition) is 2. The smallest absolute Gasteiger partial charge is 0.116 e. The van der Waals surface area contributed by atoms with Crippen LogP contribution < -0.4 is 0 Å². The highest BCUT2D eigenvalue weighted by Gasteiger charge is 2.11. The Balaban J connectivity index is 2.56. The third-order valence-electron chi connectivity index (χ3n) is 3.15. The number of benzene rings is 2. The molecule has 3 heteroatoms. The van der Waals surface area contributed by atoms with Crippen LogP contribution in [-0.2, 0) is 6.16 Å². The van der Waals surface area contributed by atoms with Gasteiger partial charge in [-0.05, 0) is 53.3 Å². The van der Waals surface area contributed by atoms with Gasteiger partial charge in [0.1, 0.15) is 11.5 Å². The summed E-state index contributed by atoms with van der Waals surface area (Å²) in [6.07, 6.45) is 1.03. The van der Waals surface area contributed by atoms with Gasteiger partial charge in [0.15, 0.2) is 0 Å². The van der Waals surface area contributed by atoms with E-state index < -0.39 is 7.53 Å². The minimum Gasteiger partial charge on any atom is -0.508 e. The van der Waals surface area contributed by atoms with Gasteiger partial charge in [-0.25, -0.2) is 0 Å². The molecule has 3 rings (SSSR count). The maximum absolute atomic E-state index is 9.60. The molecule has 0 amide bonds. The molecular weight excluding hydrogens is 231 g/mol. The van der Waals surface area contributed by atoms with Crippen molar-refractivity contribution in [3.63, 3.8) is 0 Å². The Morgan fingerprint density at radius 2 is 1.35 bits per heavy atom. The topological polar surface area (TPSA) is 40.5 Å². The summed E-state index contributed by atoms with van der Waals surface area (Å²) in [5.41, 5.74) is 0. The van der Waals surface area contributed by atoms with E-state index in [0.29, 0.717) is 11.5 Å². The van der Waals surface area contributed by atoms with Gasteiger partial charge in [0.05, 0.1) is 0 Å². The molecule has 2 nitrogen and oxygen atoms in total. The summed E-state index contributed by atoms with van der Waals surface area (Å²) in [4.78, 5) is 0. The van der Waals surface area contributed by atoms with Gasteiger partial charge in [0.25, 0.3) is 0 Å². The van der Waals surface area contributed by atoms with E-state index in [-0.39, 0.29) is 0 Å². The van der Waals surface area contributed by atoms with Crippen LogP contribution in [0.25, 0.3) is 21.0 Å². The van der Waals surface area contributed by atoms with Gasteiger partial charge in [-0.15, -0.1) is 7.53 Å². The molecule has 0 spiro atoms. The van der Waals surface area contributed by atoms with Gasteiger partial charge >= 0.3 is 0 Å². The molecule has 0 fully saturated rings. The second-order valence-electron chi connectivity index (χ2n) is 4.15. The predicted molar refractivity (Wildman–Crippen MR) is 73.2 cm³/mol. The summed E-state index contributed by atoms with van der Waals surface area (Å²) in [6.45, 7) is 2.15. The number of fused-ring (bicyclic) bond motifs is 3. The third kappa shape index (κ3) is 1.49.